The van der Waals surface area contributed by atoms with Gasteiger partial charge in [0.05, 0.1) is 0 Å². The van der Waals surface area contributed by atoms with E-state index in [1.165, 1.54) is 0 Å². The number of hydrogen-bond acceptors (Lipinski definition) is 5. The van der Waals surface area contributed by atoms with Crippen LogP contribution in [-0.2, 0) is 0 Å². The fourth-order valence-electron chi connectivity index (χ4n) is 5.61. The van der Waals surface area contributed by atoms with Gasteiger partial charge in [-0.2, -0.15) is 0 Å². The number of fused-ring (bicyclic) bond motifs is 13. The lowest BCUT2D eigenvalue weighted by Crippen LogP contribution is -2.37. The third kappa shape index (κ3) is 3.83. The van der Waals surface area contributed by atoms with Crippen molar-refractivity contribution in [2.45, 2.75) is 20.8 Å². The molecule has 0 saturated carbocycles. The molecule has 0 fully saturated rings. The molecule has 0 radical (unpaired) electrons. The van der Waals surface area contributed by atoms with Gasteiger partial charge in [0.25, 0.3) is 0 Å². The summed E-state index contributed by atoms with van der Waals surface area (Å²) >= 11 is 0. The van der Waals surface area contributed by atoms with Crippen molar-refractivity contribution in [2.24, 2.45) is 20.0 Å². The summed E-state index contributed by atoms with van der Waals surface area (Å²) in [5, 5.41) is 9.56. The lowest BCUT2D eigenvalue weighted by Gasteiger charge is -2.03. The molecule has 4 N–H and O–H groups in total. The van der Waals surface area contributed by atoms with E-state index in [1.807, 2.05) is 63.3 Å². The van der Waals surface area contributed by atoms with Crippen LogP contribution in [0.25, 0.3) is 33.7 Å². The van der Waals surface area contributed by atoms with Gasteiger partial charge in [0, 0.05) is 43.1 Å². The van der Waals surface area contributed by atoms with Gasteiger partial charge < -0.3 is 20.3 Å². The lowest BCUT2D eigenvalue weighted by molar-refractivity contribution is 1.10. The van der Waals surface area contributed by atoms with Gasteiger partial charge in [-0.25, -0.2) is 20.0 Å². The van der Waals surface area contributed by atoms with Gasteiger partial charge in [-0.1, -0.05) is 85.5 Å². The Morgan fingerprint density at radius 3 is 1.68 bits per heavy atom. The van der Waals surface area contributed by atoms with Gasteiger partial charge in [0.1, 0.15) is 34.2 Å². The highest BCUT2D eigenvalue weighted by Crippen LogP contribution is 2.38. The quantitative estimate of drug-likeness (QED) is 0.226. The van der Waals surface area contributed by atoms with Crippen molar-refractivity contribution in [1.82, 2.24) is 15.0 Å². The van der Waals surface area contributed by atoms with Crippen LogP contribution in [0.15, 0.2) is 104 Å². The molecule has 8 heteroatoms. The molecule has 0 unspecified atom stereocenters. The minimum Gasteiger partial charge on any atom is -0.327 e. The van der Waals surface area contributed by atoms with Crippen molar-refractivity contribution >= 4 is 68.6 Å². The van der Waals surface area contributed by atoms with Gasteiger partial charge in [-0.3, -0.25) is 0 Å². The predicted octanol–water partition coefficient (Wildman–Crippen LogP) is 5.41. The highest BCUT2D eigenvalue weighted by atomic mass is 15.1. The fraction of sp³-hybridized carbons (Fsp3) is 0.0909. The molecule has 7 rings (SSSR count). The Morgan fingerprint density at radius 1 is 0.585 bits per heavy atom. The van der Waals surface area contributed by atoms with Crippen LogP contribution in [-0.4, -0.2) is 26.6 Å². The van der Waals surface area contributed by atoms with Crippen LogP contribution in [0.1, 0.15) is 20.8 Å². The highest BCUT2D eigenvalue weighted by molar-refractivity contribution is 6.26. The maximum absolute atomic E-state index is 5.09. The number of hydrogen-bond donors (Lipinski definition) is 4. The zero-order chi connectivity index (χ0) is 28.1. The number of anilines is 2. The average molecular weight is 537 g/mol. The van der Waals surface area contributed by atoms with E-state index in [0.29, 0.717) is 28.5 Å². The first-order valence-corrected chi connectivity index (χ1v) is 13.6. The molecule has 8 bridgehead atoms. The van der Waals surface area contributed by atoms with Gasteiger partial charge >= 0.3 is 0 Å². The van der Waals surface area contributed by atoms with Crippen molar-refractivity contribution in [1.29, 1.82) is 0 Å². The lowest BCUT2D eigenvalue weighted by atomic mass is 10.1. The Labute approximate surface area is 235 Å². The Morgan fingerprint density at radius 2 is 1.12 bits per heavy atom. The molecule has 2 aliphatic rings. The minimum absolute atomic E-state index is 0.559. The Kier molecular flexibility index (Phi) is 5.75. The number of aromatic nitrogens is 3. The van der Waals surface area contributed by atoms with E-state index >= 15 is 0 Å². The standard InChI is InChI=1S/C33H28N8/c1-5-13-21-20(8-4)28-37-29(21)35-26-18(6-2)19(7-3)27(34-26)36-30-22-14-9-11-16-24(22)32(39-30)41-33-25-17-12-10-15-23(25)31(38-28)40-33/h5-17,39-41H,1H2,2-4H3,(H,34,35,36,37,38)/b18-6+,19-7+,20-8+,21-13?. The Hall–Kier alpha value is -5.50. The van der Waals surface area contributed by atoms with E-state index < -0.39 is 0 Å². The van der Waals surface area contributed by atoms with Crippen LogP contribution in [0.3, 0.4) is 0 Å². The Bertz CT molecular complexity index is 2280. The summed E-state index contributed by atoms with van der Waals surface area (Å²) in [6.07, 6.45) is 9.79. The third-order valence-corrected chi connectivity index (χ3v) is 7.47. The minimum atomic E-state index is 0.559. The molecule has 0 spiro atoms. The van der Waals surface area contributed by atoms with Crippen molar-refractivity contribution < 1.29 is 0 Å². The molecule has 0 aliphatic carbocycles. The molecule has 5 heterocycles. The Balaban J connectivity index is 1.64. The van der Waals surface area contributed by atoms with Crippen LogP contribution in [0, 0.1) is 0 Å². The summed E-state index contributed by atoms with van der Waals surface area (Å²) in [7, 11) is 0. The van der Waals surface area contributed by atoms with E-state index in [0.717, 1.165) is 60.6 Å². The summed E-state index contributed by atoms with van der Waals surface area (Å²) in [5.41, 5.74) is 3.14. The zero-order valence-corrected chi connectivity index (χ0v) is 23.0. The first-order chi connectivity index (χ1) is 20.1. The number of nitrogens with one attached hydrogen (secondary N) is 4. The van der Waals surface area contributed by atoms with Gasteiger partial charge in [0.15, 0.2) is 11.7 Å². The topological polar surface area (TPSA) is 109 Å². The second kappa shape index (κ2) is 9.60. The third-order valence-electron chi connectivity index (χ3n) is 7.47. The maximum atomic E-state index is 5.09. The second-order valence-electron chi connectivity index (χ2n) is 9.75. The summed E-state index contributed by atoms with van der Waals surface area (Å²) in [4.78, 5) is 30.6. The number of rotatable bonds is 1. The smallest absolute Gasteiger partial charge is 0.164 e. The summed E-state index contributed by atoms with van der Waals surface area (Å²) in [5.74, 6) is 4.26. The molecule has 0 atom stereocenters. The van der Waals surface area contributed by atoms with Gasteiger partial charge in [-0.15, -0.1) is 0 Å². The monoisotopic (exact) mass is 536 g/mol. The van der Waals surface area contributed by atoms with E-state index in [-0.39, 0.29) is 0 Å². The number of aliphatic imine (C=N–C) groups is 2. The number of H-pyrrole nitrogens is 3. The van der Waals surface area contributed by atoms with Crippen LogP contribution in [0.2, 0.25) is 0 Å². The number of nitrogens with zero attached hydrogens (tertiary/aromatic N) is 4. The van der Waals surface area contributed by atoms with Crippen molar-refractivity contribution in [2.75, 3.05) is 5.32 Å². The molecular formula is C33H28N8. The van der Waals surface area contributed by atoms with E-state index in [4.69, 9.17) is 20.0 Å². The van der Waals surface area contributed by atoms with Crippen molar-refractivity contribution in [3.63, 3.8) is 0 Å². The molecular weight excluding hydrogens is 508 g/mol. The van der Waals surface area contributed by atoms with Gasteiger partial charge in [-0.05, 0) is 20.8 Å². The molecule has 0 saturated heterocycles. The number of benzene rings is 2. The van der Waals surface area contributed by atoms with E-state index in [2.05, 4.69) is 57.2 Å². The first-order valence-electron chi connectivity index (χ1n) is 13.6. The molecule has 41 heavy (non-hydrogen) atoms. The van der Waals surface area contributed by atoms with Crippen molar-refractivity contribution in [3.8, 4) is 0 Å². The van der Waals surface area contributed by atoms with Gasteiger partial charge in [0.2, 0.25) is 0 Å². The molecule has 0 amide bonds. The van der Waals surface area contributed by atoms with Crippen LogP contribution in [0.4, 0.5) is 23.3 Å². The number of amidine groups is 2. The SMILES string of the molecule is C=CC=C1C2=NC(=Nc3[nH]c(c4ccccc34)Nc3[nH]c(c4ccccc34)N=c3[nH]c(c(=C/C)/c3=C\C)=N2)/C1=C/C. The van der Waals surface area contributed by atoms with E-state index in [1.54, 1.807) is 6.08 Å². The summed E-state index contributed by atoms with van der Waals surface area (Å²) in [6.45, 7) is 9.93. The number of allylic oxidation sites excluding steroid dienone is 3. The largest absolute Gasteiger partial charge is 0.327 e. The molecule has 200 valence electrons. The maximum Gasteiger partial charge on any atom is 0.164 e. The molecule has 2 aliphatic heterocycles. The second-order valence-corrected chi connectivity index (χ2v) is 9.75. The fourth-order valence-corrected chi connectivity index (χ4v) is 5.61. The summed E-state index contributed by atoms with van der Waals surface area (Å²) in [6, 6.07) is 16.4. The molecule has 5 aromatic rings. The van der Waals surface area contributed by atoms with E-state index in [9.17, 15) is 0 Å². The zero-order valence-electron chi connectivity index (χ0n) is 23.0. The predicted molar refractivity (Wildman–Crippen MR) is 169 cm³/mol. The summed E-state index contributed by atoms with van der Waals surface area (Å²) < 4.78 is 0. The highest BCUT2D eigenvalue weighted by Gasteiger charge is 2.25. The molecule has 8 nitrogen and oxygen atoms in total. The van der Waals surface area contributed by atoms with Crippen LogP contribution < -0.4 is 26.7 Å². The average Bonchev–Trinajstić information content (AvgIpc) is 3.71. The number of aromatic amines is 3. The molecule has 3 aromatic heterocycles. The first kappa shape index (κ1) is 24.5. The van der Waals surface area contributed by atoms with Crippen LogP contribution >= 0.6 is 0 Å². The molecule has 2 aromatic carbocycles. The normalized spacial score (nSPS) is 17.5. The van der Waals surface area contributed by atoms with Crippen LogP contribution in [0.5, 0.6) is 0 Å². The van der Waals surface area contributed by atoms with Crippen molar-refractivity contribution in [3.05, 3.63) is 106 Å².